The van der Waals surface area contributed by atoms with Gasteiger partial charge in [-0.2, -0.15) is 0 Å². The third-order valence-corrected chi connectivity index (χ3v) is 19.2. The lowest BCUT2D eigenvalue weighted by Gasteiger charge is -2.21. The third kappa shape index (κ3) is 70.0. The summed E-state index contributed by atoms with van der Waals surface area (Å²) >= 11 is 0. The summed E-state index contributed by atoms with van der Waals surface area (Å²) in [6, 6.07) is 0. The van der Waals surface area contributed by atoms with Gasteiger partial charge in [0.2, 0.25) is 0 Å². The van der Waals surface area contributed by atoms with Gasteiger partial charge in [0.05, 0.1) is 26.4 Å². The maximum atomic E-state index is 13.1. The quantitative estimate of drug-likeness (QED) is 0.0169. The van der Waals surface area contributed by atoms with Crippen LogP contribution in [0, 0.1) is 17.8 Å². The number of aliphatic hydroxyl groups excluding tert-OH is 1. The van der Waals surface area contributed by atoms with E-state index in [4.69, 9.17) is 37.0 Å². The fourth-order valence-electron chi connectivity index (χ4n) is 11.2. The van der Waals surface area contributed by atoms with Crippen molar-refractivity contribution in [2.45, 2.75) is 388 Å². The number of ether oxygens (including phenoxy) is 4. The van der Waals surface area contributed by atoms with Crippen LogP contribution in [0.5, 0.6) is 0 Å². The average Bonchev–Trinajstić information content (AvgIpc) is 1.09. The Kier molecular flexibility index (Phi) is 65.3. The molecule has 0 aromatic heterocycles. The normalized spacial score (nSPS) is 14.2. The second kappa shape index (κ2) is 67.1. The van der Waals surface area contributed by atoms with E-state index in [-0.39, 0.29) is 25.7 Å². The fraction of sp³-hybridized carbons (Fsp3) is 0.896. The van der Waals surface area contributed by atoms with Crippen LogP contribution in [0.4, 0.5) is 0 Å². The highest BCUT2D eigenvalue weighted by molar-refractivity contribution is 7.47. The Morgan fingerprint density at radius 2 is 0.562 bits per heavy atom. The van der Waals surface area contributed by atoms with Gasteiger partial charge in [0, 0.05) is 25.7 Å². The molecule has 0 aromatic carbocycles. The van der Waals surface area contributed by atoms with Crippen molar-refractivity contribution in [1.29, 1.82) is 0 Å². The van der Waals surface area contributed by atoms with Crippen LogP contribution < -0.4 is 0 Å². The summed E-state index contributed by atoms with van der Waals surface area (Å²) in [5.41, 5.74) is 0. The van der Waals surface area contributed by atoms with Crippen molar-refractivity contribution >= 4 is 39.5 Å². The first-order valence-electron chi connectivity index (χ1n) is 39.2. The van der Waals surface area contributed by atoms with Crippen molar-refractivity contribution in [3.63, 3.8) is 0 Å². The molecule has 3 unspecified atom stereocenters. The lowest BCUT2D eigenvalue weighted by Crippen LogP contribution is -2.30. The molecular formula is C77H146O17P2. The predicted molar refractivity (Wildman–Crippen MR) is 390 cm³/mol. The topological polar surface area (TPSA) is 237 Å². The first-order valence-corrected chi connectivity index (χ1v) is 42.2. The molecule has 0 saturated heterocycles. The molecule has 5 atom stereocenters. The SMILES string of the molecule is CCCCCC/C=C\C=C/CCCCCCCC(=O)OC[C@H](COP(=O)(O)OCC(O)COP(=O)(O)OC[C@@H](COC(=O)CCCCCCCCCC(C)C)OC(=O)CCCCCCCCCCCC(C)C)OC(=O)CCCCCCCCCCCCCCCCCCC(C)C. The van der Waals surface area contributed by atoms with E-state index in [1.54, 1.807) is 0 Å². The zero-order valence-corrected chi connectivity index (χ0v) is 64.1. The predicted octanol–water partition coefficient (Wildman–Crippen LogP) is 22.1. The molecule has 96 heavy (non-hydrogen) atoms. The molecule has 3 N–H and O–H groups in total. The summed E-state index contributed by atoms with van der Waals surface area (Å²) in [6.45, 7) is 11.8. The van der Waals surface area contributed by atoms with Crippen LogP contribution in [0.1, 0.15) is 370 Å². The summed E-state index contributed by atoms with van der Waals surface area (Å²) in [5.74, 6) is 0.0967. The van der Waals surface area contributed by atoms with Crippen LogP contribution >= 0.6 is 15.6 Å². The van der Waals surface area contributed by atoms with E-state index in [0.717, 1.165) is 127 Å². The molecular weight excluding hydrogens is 1260 g/mol. The van der Waals surface area contributed by atoms with Gasteiger partial charge < -0.3 is 33.8 Å². The molecule has 0 spiro atoms. The number of phosphoric ester groups is 2. The van der Waals surface area contributed by atoms with Gasteiger partial charge in [0.1, 0.15) is 19.3 Å². The first kappa shape index (κ1) is 93.5. The minimum absolute atomic E-state index is 0.101. The molecule has 17 nitrogen and oxygen atoms in total. The number of phosphoric acid groups is 2. The molecule has 0 aliphatic rings. The molecule has 566 valence electrons. The molecule has 0 fully saturated rings. The minimum atomic E-state index is -4.97. The standard InChI is InChI=1S/C77H146O17P2/c1-8-9-10-11-12-13-14-15-18-22-25-30-37-44-51-58-74(79)87-64-72(93-76(81)60-53-46-38-31-26-23-20-17-16-19-21-24-28-34-41-48-55-68(2)3)66-91-95(83,84)89-62-71(78)63-90-96(85,86)92-67-73(65-88-75(80)59-52-45-40-33-36-43-50-57-70(6)7)94-77(82)61-54-47-39-32-27-29-35-42-49-56-69(4)5/h13-15,18,68-73,78H,8-12,16-17,19-67H2,1-7H3,(H,83,84)(H,85,86)/b14-13-,18-15-/t71?,72-,73-/m1/s1. The van der Waals surface area contributed by atoms with Crippen LogP contribution in [0.25, 0.3) is 0 Å². The van der Waals surface area contributed by atoms with Crippen LogP contribution in [-0.2, 0) is 65.4 Å². The van der Waals surface area contributed by atoms with Crippen LogP contribution in [0.15, 0.2) is 24.3 Å². The second-order valence-corrected chi connectivity index (χ2v) is 31.4. The number of unbranched alkanes of at least 4 members (excludes halogenated alkanes) is 38. The average molecular weight is 1410 g/mol. The van der Waals surface area contributed by atoms with Gasteiger partial charge in [0.15, 0.2) is 12.2 Å². The van der Waals surface area contributed by atoms with Crippen LogP contribution in [0.3, 0.4) is 0 Å². The number of hydrogen-bond acceptors (Lipinski definition) is 15. The molecule has 0 aliphatic heterocycles. The summed E-state index contributed by atoms with van der Waals surface area (Å²) in [7, 11) is -9.92. The maximum Gasteiger partial charge on any atom is 0.472 e. The van der Waals surface area contributed by atoms with E-state index >= 15 is 0 Å². The van der Waals surface area contributed by atoms with Crippen molar-refractivity contribution in [2.24, 2.45) is 17.8 Å². The summed E-state index contributed by atoms with van der Waals surface area (Å²) in [6.07, 6.45) is 56.4. The van der Waals surface area contributed by atoms with Crippen molar-refractivity contribution in [3.05, 3.63) is 24.3 Å². The van der Waals surface area contributed by atoms with E-state index in [1.165, 1.54) is 154 Å². The highest BCUT2D eigenvalue weighted by atomic mass is 31.2. The lowest BCUT2D eigenvalue weighted by atomic mass is 10.0. The van der Waals surface area contributed by atoms with Crippen molar-refractivity contribution in [1.82, 2.24) is 0 Å². The van der Waals surface area contributed by atoms with Gasteiger partial charge in [-0.15, -0.1) is 0 Å². The highest BCUT2D eigenvalue weighted by Crippen LogP contribution is 2.45. The van der Waals surface area contributed by atoms with Gasteiger partial charge in [-0.1, -0.05) is 317 Å². The molecule has 0 amide bonds. The summed E-state index contributed by atoms with van der Waals surface area (Å²) in [5, 5.41) is 10.6. The lowest BCUT2D eigenvalue weighted by molar-refractivity contribution is -0.161. The smallest absolute Gasteiger partial charge is 0.462 e. The largest absolute Gasteiger partial charge is 0.472 e. The van der Waals surface area contributed by atoms with Gasteiger partial charge in [-0.05, 0) is 69.1 Å². The van der Waals surface area contributed by atoms with E-state index < -0.39 is 97.5 Å². The number of aliphatic hydroxyl groups is 1. The first-order chi connectivity index (χ1) is 46.2. The van der Waals surface area contributed by atoms with Crippen molar-refractivity contribution in [2.75, 3.05) is 39.6 Å². The molecule has 0 aliphatic carbocycles. The van der Waals surface area contributed by atoms with Crippen molar-refractivity contribution in [3.8, 4) is 0 Å². The monoisotopic (exact) mass is 1410 g/mol. The fourth-order valence-corrected chi connectivity index (χ4v) is 12.8. The number of rotatable bonds is 73. The van der Waals surface area contributed by atoms with Crippen LogP contribution in [0.2, 0.25) is 0 Å². The Hall–Kier alpha value is -2.46. The molecule has 0 radical (unpaired) electrons. The van der Waals surface area contributed by atoms with E-state index in [2.05, 4.69) is 72.8 Å². The Morgan fingerprint density at radius 1 is 0.323 bits per heavy atom. The van der Waals surface area contributed by atoms with E-state index in [1.807, 2.05) is 0 Å². The zero-order valence-electron chi connectivity index (χ0n) is 62.3. The number of carbonyl (C=O) groups excluding carboxylic acids is 4. The Balaban J connectivity index is 5.27. The van der Waals surface area contributed by atoms with Gasteiger partial charge in [0.25, 0.3) is 0 Å². The van der Waals surface area contributed by atoms with Crippen LogP contribution in [-0.4, -0.2) is 96.7 Å². The van der Waals surface area contributed by atoms with Gasteiger partial charge in [-0.3, -0.25) is 37.3 Å². The Morgan fingerprint density at radius 3 is 0.844 bits per heavy atom. The summed E-state index contributed by atoms with van der Waals surface area (Å²) < 4.78 is 68.5. The number of hydrogen-bond donors (Lipinski definition) is 3. The molecule has 19 heteroatoms. The minimum Gasteiger partial charge on any atom is -0.462 e. The summed E-state index contributed by atoms with van der Waals surface area (Å²) in [4.78, 5) is 72.8. The molecule has 0 rings (SSSR count). The molecule has 0 bridgehead atoms. The third-order valence-electron chi connectivity index (χ3n) is 17.3. The number of esters is 4. The molecule has 0 heterocycles. The van der Waals surface area contributed by atoms with Gasteiger partial charge >= 0.3 is 39.5 Å². The number of allylic oxidation sites excluding steroid dienone is 4. The zero-order chi connectivity index (χ0) is 70.9. The Bertz CT molecular complexity index is 1960. The number of carbonyl (C=O) groups is 4. The van der Waals surface area contributed by atoms with Gasteiger partial charge in [-0.25, -0.2) is 9.13 Å². The maximum absolute atomic E-state index is 13.1. The van der Waals surface area contributed by atoms with E-state index in [9.17, 15) is 43.2 Å². The van der Waals surface area contributed by atoms with E-state index in [0.29, 0.717) is 31.6 Å². The molecule has 0 aromatic rings. The molecule has 0 saturated carbocycles. The second-order valence-electron chi connectivity index (χ2n) is 28.5. The van der Waals surface area contributed by atoms with Crippen molar-refractivity contribution < 1.29 is 80.2 Å². The highest BCUT2D eigenvalue weighted by Gasteiger charge is 2.30. The Labute approximate surface area is 586 Å².